The maximum atomic E-state index is 10.2. The lowest BCUT2D eigenvalue weighted by atomic mass is 10.4. The highest BCUT2D eigenvalue weighted by molar-refractivity contribution is 5.84. The summed E-state index contributed by atoms with van der Waals surface area (Å²) in [5, 5.41) is 0. The molecule has 0 aliphatic carbocycles. The average Bonchev–Trinajstić information content (AvgIpc) is 1.65. The van der Waals surface area contributed by atoms with Crippen molar-refractivity contribution < 1.29 is 4.79 Å². The molecular formula is C4H8N2O. The fourth-order valence-electron chi connectivity index (χ4n) is 0.144. The first-order valence-electron chi connectivity index (χ1n) is 1.94. The van der Waals surface area contributed by atoms with Crippen LogP contribution in [0.5, 0.6) is 0 Å². The van der Waals surface area contributed by atoms with Crippen LogP contribution in [0.25, 0.3) is 0 Å². The lowest BCUT2D eigenvalue weighted by molar-refractivity contribution is -0.118. The van der Waals surface area contributed by atoms with Crippen LogP contribution in [0.1, 0.15) is 6.92 Å². The molecule has 3 nitrogen and oxygen atoms in total. The van der Waals surface area contributed by atoms with E-state index in [9.17, 15) is 4.79 Å². The van der Waals surface area contributed by atoms with Gasteiger partial charge in [0.25, 0.3) is 5.91 Å². The van der Waals surface area contributed by atoms with Crippen LogP contribution >= 0.6 is 0 Å². The molecule has 1 amide bonds. The first kappa shape index (κ1) is 6.30. The Bertz CT molecular complexity index is 87.7. The van der Waals surface area contributed by atoms with Gasteiger partial charge >= 0.3 is 0 Å². The normalized spacial score (nSPS) is 12.9. The van der Waals surface area contributed by atoms with E-state index in [1.807, 2.05) is 0 Å². The van der Waals surface area contributed by atoms with Gasteiger partial charge in [0.15, 0.2) is 0 Å². The Morgan fingerprint density at radius 3 is 2.43 bits per heavy atom. The highest BCUT2D eigenvalue weighted by Gasteiger charge is 2.00. The fourth-order valence-corrected chi connectivity index (χ4v) is 0.144. The van der Waals surface area contributed by atoms with E-state index in [4.69, 9.17) is 5.73 Å². The van der Waals surface area contributed by atoms with Crippen molar-refractivity contribution in [3.8, 4) is 0 Å². The molecule has 1 unspecified atom stereocenters. The summed E-state index contributed by atoms with van der Waals surface area (Å²) in [6.07, 6.45) is 0. The maximum absolute atomic E-state index is 10.2. The number of carbonyl (C=O) groups excluding carboxylic acids is 1. The number of aliphatic imine (C=N–C) groups is 1. The van der Waals surface area contributed by atoms with Crippen LogP contribution in [0, 0.1) is 0 Å². The molecule has 0 saturated carbocycles. The third kappa shape index (κ3) is 2.05. The molecule has 0 radical (unpaired) electrons. The molecule has 2 N–H and O–H groups in total. The van der Waals surface area contributed by atoms with Gasteiger partial charge in [0.2, 0.25) is 0 Å². The lowest BCUT2D eigenvalue weighted by Gasteiger charge is -1.92. The summed E-state index contributed by atoms with van der Waals surface area (Å²) >= 11 is 0. The van der Waals surface area contributed by atoms with Crippen molar-refractivity contribution in [2.75, 3.05) is 0 Å². The molecule has 0 aromatic carbocycles. The molecule has 0 rings (SSSR count). The summed E-state index contributed by atoms with van der Waals surface area (Å²) < 4.78 is 0. The van der Waals surface area contributed by atoms with E-state index >= 15 is 0 Å². The molecule has 0 aliphatic rings. The molecule has 0 bridgehead atoms. The molecule has 0 aliphatic heterocycles. The second-order valence-electron chi connectivity index (χ2n) is 1.29. The Hall–Kier alpha value is -0.700. The first-order valence-corrected chi connectivity index (χ1v) is 1.94. The second kappa shape index (κ2) is 2.47. The number of amides is 1. The van der Waals surface area contributed by atoms with Gasteiger partial charge in [-0.1, -0.05) is 0 Å². The van der Waals surface area contributed by atoms with E-state index < -0.39 is 6.04 Å². The smallest absolute Gasteiger partial charge is 0.261 e. The Morgan fingerprint density at radius 2 is 2.43 bits per heavy atom. The Balaban J connectivity index is 3.56. The molecule has 0 fully saturated rings. The van der Waals surface area contributed by atoms with Gasteiger partial charge in [-0.3, -0.25) is 4.79 Å². The van der Waals surface area contributed by atoms with Crippen LogP contribution in [0.2, 0.25) is 0 Å². The minimum absolute atomic E-state index is 0.361. The third-order valence-corrected chi connectivity index (χ3v) is 0.545. The van der Waals surface area contributed by atoms with E-state index in [1.165, 1.54) is 0 Å². The van der Waals surface area contributed by atoms with Crippen LogP contribution < -0.4 is 5.73 Å². The summed E-state index contributed by atoms with van der Waals surface area (Å²) in [6.45, 7) is 4.57. The zero-order valence-electron chi connectivity index (χ0n) is 4.22. The Morgan fingerprint density at radius 1 is 2.00 bits per heavy atom. The SMILES string of the molecule is C=NC(=O)C(C)N. The predicted octanol–water partition coefficient (Wildman–Crippen LogP) is -0.439. The van der Waals surface area contributed by atoms with Crippen molar-refractivity contribution in [1.82, 2.24) is 0 Å². The van der Waals surface area contributed by atoms with E-state index in [0.29, 0.717) is 0 Å². The molecule has 3 heteroatoms. The number of hydrogen-bond acceptors (Lipinski definition) is 2. The van der Waals surface area contributed by atoms with Crippen molar-refractivity contribution in [1.29, 1.82) is 0 Å². The van der Waals surface area contributed by atoms with Crippen LogP contribution in [0.15, 0.2) is 4.99 Å². The molecular weight excluding hydrogens is 92.1 g/mol. The average molecular weight is 100 g/mol. The summed E-state index contributed by atoms with van der Waals surface area (Å²) in [5.74, 6) is -0.361. The van der Waals surface area contributed by atoms with Crippen molar-refractivity contribution in [3.05, 3.63) is 0 Å². The van der Waals surface area contributed by atoms with Crippen molar-refractivity contribution >= 4 is 12.6 Å². The van der Waals surface area contributed by atoms with E-state index in [2.05, 4.69) is 11.7 Å². The summed E-state index contributed by atoms with van der Waals surface area (Å²) in [6, 6.07) is -0.502. The number of rotatable bonds is 1. The van der Waals surface area contributed by atoms with Crippen LogP contribution in [0.3, 0.4) is 0 Å². The summed E-state index contributed by atoms with van der Waals surface area (Å²) in [4.78, 5) is 13.2. The molecule has 0 aromatic rings. The van der Waals surface area contributed by atoms with Crippen molar-refractivity contribution in [3.63, 3.8) is 0 Å². The molecule has 0 saturated heterocycles. The number of carbonyl (C=O) groups is 1. The van der Waals surface area contributed by atoms with Gasteiger partial charge in [-0.2, -0.15) is 0 Å². The maximum Gasteiger partial charge on any atom is 0.261 e. The largest absolute Gasteiger partial charge is 0.320 e. The number of nitrogens with zero attached hydrogens (tertiary/aromatic N) is 1. The van der Waals surface area contributed by atoms with Gasteiger partial charge in [0.1, 0.15) is 0 Å². The molecule has 7 heavy (non-hydrogen) atoms. The topological polar surface area (TPSA) is 55.5 Å². The van der Waals surface area contributed by atoms with Gasteiger partial charge in [0, 0.05) is 0 Å². The van der Waals surface area contributed by atoms with Crippen LogP contribution in [-0.2, 0) is 4.79 Å². The Kier molecular flexibility index (Phi) is 2.22. The minimum Gasteiger partial charge on any atom is -0.320 e. The monoisotopic (exact) mass is 100 g/mol. The Labute approximate surface area is 42.2 Å². The summed E-state index contributed by atoms with van der Waals surface area (Å²) in [7, 11) is 0. The zero-order valence-corrected chi connectivity index (χ0v) is 4.22. The third-order valence-electron chi connectivity index (χ3n) is 0.545. The highest BCUT2D eigenvalue weighted by Crippen LogP contribution is 1.76. The minimum atomic E-state index is -0.502. The molecule has 1 atom stereocenters. The van der Waals surface area contributed by atoms with Gasteiger partial charge < -0.3 is 5.73 Å². The molecule has 0 spiro atoms. The molecule has 0 heterocycles. The lowest BCUT2D eigenvalue weighted by Crippen LogP contribution is -2.24. The number of hydrogen-bond donors (Lipinski definition) is 1. The van der Waals surface area contributed by atoms with Gasteiger partial charge in [0.05, 0.1) is 6.04 Å². The standard InChI is InChI=1S/C4H8N2O/c1-3(5)4(7)6-2/h3H,2,5H2,1H3. The van der Waals surface area contributed by atoms with Crippen molar-refractivity contribution in [2.45, 2.75) is 13.0 Å². The van der Waals surface area contributed by atoms with Crippen molar-refractivity contribution in [2.24, 2.45) is 10.7 Å². The van der Waals surface area contributed by atoms with Gasteiger partial charge in [-0.05, 0) is 13.6 Å². The van der Waals surface area contributed by atoms with Gasteiger partial charge in [-0.25, -0.2) is 4.99 Å². The van der Waals surface area contributed by atoms with Crippen LogP contribution in [0.4, 0.5) is 0 Å². The fraction of sp³-hybridized carbons (Fsp3) is 0.500. The van der Waals surface area contributed by atoms with Crippen LogP contribution in [-0.4, -0.2) is 18.7 Å². The van der Waals surface area contributed by atoms with E-state index in [-0.39, 0.29) is 5.91 Å². The summed E-state index contributed by atoms with van der Waals surface area (Å²) in [5.41, 5.74) is 5.06. The zero-order chi connectivity index (χ0) is 5.86. The highest BCUT2D eigenvalue weighted by atomic mass is 16.1. The van der Waals surface area contributed by atoms with E-state index in [0.717, 1.165) is 0 Å². The number of nitrogens with two attached hydrogens (primary N) is 1. The molecule has 40 valence electrons. The second-order valence-corrected chi connectivity index (χ2v) is 1.29. The first-order chi connectivity index (χ1) is 3.18. The van der Waals surface area contributed by atoms with Gasteiger partial charge in [-0.15, -0.1) is 0 Å². The quantitative estimate of drug-likeness (QED) is 0.454. The van der Waals surface area contributed by atoms with E-state index in [1.54, 1.807) is 6.92 Å². The molecule has 0 aromatic heterocycles. The predicted molar refractivity (Wildman–Crippen MR) is 28.2 cm³/mol.